The number of carbonyl (C=O) groups is 1. The van der Waals surface area contributed by atoms with Crippen molar-refractivity contribution in [3.63, 3.8) is 0 Å². The molecule has 0 aromatic carbocycles. The Morgan fingerprint density at radius 3 is 2.48 bits per heavy atom. The zero-order valence-electron chi connectivity index (χ0n) is 24.8. The molecule has 0 radical (unpaired) electrons. The third-order valence-electron chi connectivity index (χ3n) is 8.46. The van der Waals surface area contributed by atoms with E-state index in [1.807, 2.05) is 19.9 Å². The first kappa shape index (κ1) is 32.7. The lowest BCUT2D eigenvalue weighted by Gasteiger charge is -2.46. The lowest BCUT2D eigenvalue weighted by Crippen LogP contribution is -2.62. The molecule has 0 amide bonds. The van der Waals surface area contributed by atoms with Crippen LogP contribution in [-0.4, -0.2) is 75.4 Å². The van der Waals surface area contributed by atoms with Crippen LogP contribution in [0.25, 0.3) is 0 Å². The van der Waals surface area contributed by atoms with Crippen LogP contribution in [0.3, 0.4) is 0 Å². The van der Waals surface area contributed by atoms with Crippen LogP contribution in [0.5, 0.6) is 0 Å². The molecular formula is C32H50O8. The molecule has 4 N–H and O–H groups in total. The first-order valence-electron chi connectivity index (χ1n) is 14.8. The molecule has 3 rings (SSSR count). The Hall–Kier alpha value is -1.81. The van der Waals surface area contributed by atoms with Gasteiger partial charge < -0.3 is 34.6 Å². The summed E-state index contributed by atoms with van der Waals surface area (Å²) in [5.41, 5.74) is 2.58. The molecule has 0 saturated carbocycles. The molecule has 10 unspecified atom stereocenters. The maximum absolute atomic E-state index is 12.5. The first-order valence-corrected chi connectivity index (χ1v) is 14.8. The quantitative estimate of drug-likeness (QED) is 0.197. The third kappa shape index (κ3) is 9.10. The smallest absolute Gasteiger partial charge is 0.333 e. The number of hydrogen-bond acceptors (Lipinski definition) is 8. The van der Waals surface area contributed by atoms with Gasteiger partial charge in [0.25, 0.3) is 0 Å². The van der Waals surface area contributed by atoms with Gasteiger partial charge in [-0.1, -0.05) is 62.8 Å². The van der Waals surface area contributed by atoms with E-state index in [0.717, 1.165) is 30.4 Å². The van der Waals surface area contributed by atoms with Crippen molar-refractivity contribution in [2.45, 2.75) is 122 Å². The van der Waals surface area contributed by atoms with Crippen molar-refractivity contribution in [3.8, 4) is 0 Å². The van der Waals surface area contributed by atoms with Gasteiger partial charge in [-0.15, -0.1) is 0 Å². The van der Waals surface area contributed by atoms with Gasteiger partial charge in [0.05, 0.1) is 18.3 Å². The van der Waals surface area contributed by atoms with E-state index in [4.69, 9.17) is 14.2 Å². The Morgan fingerprint density at radius 2 is 1.75 bits per heavy atom. The summed E-state index contributed by atoms with van der Waals surface area (Å²) in [6.45, 7) is 13.8. The van der Waals surface area contributed by atoms with E-state index in [1.54, 1.807) is 13.8 Å². The van der Waals surface area contributed by atoms with Crippen molar-refractivity contribution >= 4 is 5.97 Å². The maximum Gasteiger partial charge on any atom is 0.333 e. The first-order chi connectivity index (χ1) is 18.8. The van der Waals surface area contributed by atoms with E-state index >= 15 is 0 Å². The second kappa shape index (κ2) is 14.4. The number of epoxide rings is 1. The molecule has 0 aliphatic carbocycles. The number of carbonyl (C=O) groups excluding carboxylic acids is 1. The molecule has 3 aliphatic rings. The molecule has 2 bridgehead atoms. The fraction of sp³-hybridized carbons (Fsp3) is 0.719. The van der Waals surface area contributed by atoms with Crippen molar-refractivity contribution in [1.82, 2.24) is 0 Å². The summed E-state index contributed by atoms with van der Waals surface area (Å²) in [7, 11) is 0. The number of ether oxygens (including phenoxy) is 3. The van der Waals surface area contributed by atoms with Gasteiger partial charge in [0.1, 0.15) is 24.9 Å². The average Bonchev–Trinajstić information content (AvgIpc) is 3.61. The number of allylic oxidation sites excluding steroid dienone is 5. The largest absolute Gasteiger partial charge is 0.460 e. The molecule has 2 fully saturated rings. The van der Waals surface area contributed by atoms with E-state index in [2.05, 4.69) is 31.7 Å². The minimum atomic E-state index is -2.29. The highest BCUT2D eigenvalue weighted by molar-refractivity contribution is 5.87. The van der Waals surface area contributed by atoms with E-state index in [9.17, 15) is 25.2 Å². The van der Waals surface area contributed by atoms with Gasteiger partial charge in [-0.2, -0.15) is 0 Å². The fourth-order valence-corrected chi connectivity index (χ4v) is 5.79. The van der Waals surface area contributed by atoms with E-state index in [0.29, 0.717) is 30.8 Å². The minimum Gasteiger partial charge on any atom is -0.460 e. The monoisotopic (exact) mass is 562 g/mol. The van der Waals surface area contributed by atoms with Gasteiger partial charge in [-0.25, -0.2) is 4.79 Å². The van der Waals surface area contributed by atoms with Crippen LogP contribution in [0.1, 0.15) is 79.6 Å². The molecule has 226 valence electrons. The highest BCUT2D eigenvalue weighted by Crippen LogP contribution is 2.36. The van der Waals surface area contributed by atoms with Gasteiger partial charge in [0.2, 0.25) is 5.79 Å². The molecule has 40 heavy (non-hydrogen) atoms. The molecule has 3 aliphatic heterocycles. The van der Waals surface area contributed by atoms with Crippen LogP contribution in [0.2, 0.25) is 0 Å². The normalized spacial score (nSPS) is 44.9. The Labute approximate surface area is 239 Å². The van der Waals surface area contributed by atoms with Crippen molar-refractivity contribution in [1.29, 1.82) is 0 Å². The van der Waals surface area contributed by atoms with E-state index < -0.39 is 42.1 Å². The molecule has 8 nitrogen and oxygen atoms in total. The SMILES string of the molecule is C=C1/C=C(\C)C(C)CC(O)CC(O)C2(O)OC(COC(=O)/C(C)=C/CC/C=C/C3OC3CC(C)C1)CC(C)C2O. The number of aliphatic hydroxyl groups excluding tert-OH is 3. The van der Waals surface area contributed by atoms with Gasteiger partial charge in [0, 0.05) is 12.0 Å². The van der Waals surface area contributed by atoms with E-state index in [1.165, 1.54) is 0 Å². The van der Waals surface area contributed by atoms with Crippen molar-refractivity contribution in [3.05, 3.63) is 47.6 Å². The van der Waals surface area contributed by atoms with Crippen LogP contribution < -0.4 is 0 Å². The lowest BCUT2D eigenvalue weighted by molar-refractivity contribution is -0.352. The van der Waals surface area contributed by atoms with Crippen molar-refractivity contribution < 1.29 is 39.4 Å². The van der Waals surface area contributed by atoms with Crippen molar-refractivity contribution in [2.24, 2.45) is 17.8 Å². The van der Waals surface area contributed by atoms with Gasteiger partial charge in [-0.05, 0) is 70.1 Å². The van der Waals surface area contributed by atoms with Crippen LogP contribution in [0, 0.1) is 17.8 Å². The Balaban J connectivity index is 1.73. The van der Waals surface area contributed by atoms with Crippen molar-refractivity contribution in [2.75, 3.05) is 6.61 Å². The molecular weight excluding hydrogens is 512 g/mol. The molecule has 8 heteroatoms. The summed E-state index contributed by atoms with van der Waals surface area (Å²) >= 11 is 0. The summed E-state index contributed by atoms with van der Waals surface area (Å²) < 4.78 is 17.0. The fourth-order valence-electron chi connectivity index (χ4n) is 5.79. The number of esters is 1. The second-order valence-corrected chi connectivity index (χ2v) is 12.4. The zero-order chi connectivity index (χ0) is 29.6. The summed E-state index contributed by atoms with van der Waals surface area (Å²) in [4.78, 5) is 12.5. The summed E-state index contributed by atoms with van der Waals surface area (Å²) in [6.07, 6.45) is 7.70. The van der Waals surface area contributed by atoms with Crippen LogP contribution in [0.4, 0.5) is 0 Å². The van der Waals surface area contributed by atoms with E-state index in [-0.39, 0.29) is 31.2 Å². The highest BCUT2D eigenvalue weighted by atomic mass is 16.7. The molecule has 0 aromatic heterocycles. The Bertz CT molecular complexity index is 970. The number of rotatable bonds is 0. The second-order valence-electron chi connectivity index (χ2n) is 12.4. The maximum atomic E-state index is 12.5. The topological polar surface area (TPSA) is 129 Å². The molecule has 2 saturated heterocycles. The highest BCUT2D eigenvalue weighted by Gasteiger charge is 2.52. The summed E-state index contributed by atoms with van der Waals surface area (Å²) in [6, 6.07) is 0. The number of aliphatic hydroxyl groups is 4. The predicted molar refractivity (Wildman–Crippen MR) is 153 cm³/mol. The number of hydrogen-bond donors (Lipinski definition) is 4. The molecule has 0 spiro atoms. The van der Waals surface area contributed by atoms with Gasteiger partial charge >= 0.3 is 5.97 Å². The van der Waals surface area contributed by atoms with Gasteiger partial charge in [0.15, 0.2) is 0 Å². The lowest BCUT2D eigenvalue weighted by atomic mass is 9.83. The van der Waals surface area contributed by atoms with Crippen LogP contribution in [0.15, 0.2) is 47.6 Å². The standard InChI is InChI=1S/C32H50O8/c1-19-12-20(2)14-28-27(39-28)11-9-7-8-10-21(3)31(36)38-18-26-16-24(6)30(35)32(37,40-26)29(34)17-25(33)15-23(5)22(4)13-19/h9-11,13,20,23-30,33-35,37H,1,7-8,12,14-18H2,2-6H3/b11-9+,21-10+,22-13+. The number of fused-ring (bicyclic) bond motifs is 3. The Kier molecular flexibility index (Phi) is 11.8. The summed E-state index contributed by atoms with van der Waals surface area (Å²) in [5, 5.41) is 43.6. The molecule has 10 atom stereocenters. The summed E-state index contributed by atoms with van der Waals surface area (Å²) in [5.74, 6) is -2.76. The third-order valence-corrected chi connectivity index (χ3v) is 8.46. The van der Waals surface area contributed by atoms with Crippen LogP contribution >= 0.6 is 0 Å². The van der Waals surface area contributed by atoms with Crippen LogP contribution in [-0.2, 0) is 19.0 Å². The Morgan fingerprint density at radius 1 is 1.02 bits per heavy atom. The van der Waals surface area contributed by atoms with Gasteiger partial charge in [-0.3, -0.25) is 0 Å². The molecule has 0 aromatic rings. The number of cyclic esters (lactones) is 1. The predicted octanol–water partition coefficient (Wildman–Crippen LogP) is 4.12. The average molecular weight is 563 g/mol. The molecule has 3 heterocycles. The zero-order valence-corrected chi connectivity index (χ0v) is 24.8. The minimum absolute atomic E-state index is 0.0132.